The van der Waals surface area contributed by atoms with Crippen LogP contribution in [0.4, 0.5) is 4.39 Å². The van der Waals surface area contributed by atoms with Gasteiger partial charge in [-0.25, -0.2) is 9.37 Å². The summed E-state index contributed by atoms with van der Waals surface area (Å²) in [6.07, 6.45) is 0. The number of hydrogen-bond donors (Lipinski definition) is 2. The van der Waals surface area contributed by atoms with Gasteiger partial charge in [0.1, 0.15) is 21.7 Å². The van der Waals surface area contributed by atoms with Crippen LogP contribution in [0.25, 0.3) is 0 Å². The summed E-state index contributed by atoms with van der Waals surface area (Å²) in [5, 5.41) is 13.2. The van der Waals surface area contributed by atoms with Gasteiger partial charge in [-0.3, -0.25) is 4.79 Å². The zero-order valence-electron chi connectivity index (χ0n) is 11.6. The lowest BCUT2D eigenvalue weighted by molar-refractivity contribution is 0.0526. The molecule has 1 atom stereocenters. The Kier molecular flexibility index (Phi) is 5.01. The number of pyridine rings is 1. The number of carbonyl (C=O) groups excluding carboxylic acids is 1. The maximum atomic E-state index is 12.9. The highest BCUT2D eigenvalue weighted by Crippen LogP contribution is 2.20. The van der Waals surface area contributed by atoms with Gasteiger partial charge < -0.3 is 10.4 Å². The van der Waals surface area contributed by atoms with E-state index in [9.17, 15) is 14.3 Å². The summed E-state index contributed by atoms with van der Waals surface area (Å²) in [4.78, 5) is 15.8. The second-order valence-electron chi connectivity index (χ2n) is 4.96. The minimum absolute atomic E-state index is 0.0605. The first-order chi connectivity index (χ1) is 10.3. The highest BCUT2D eigenvalue weighted by molar-refractivity contribution is 6.33. The lowest BCUT2D eigenvalue weighted by Gasteiger charge is -2.24. The lowest BCUT2D eigenvalue weighted by atomic mass is 9.96. The Hall–Kier alpha value is -1.69. The molecule has 1 aromatic heterocycles. The van der Waals surface area contributed by atoms with Crippen LogP contribution in [-0.4, -0.2) is 22.5 Å². The van der Waals surface area contributed by atoms with Crippen molar-refractivity contribution in [3.63, 3.8) is 0 Å². The van der Waals surface area contributed by atoms with E-state index in [0.717, 1.165) is 0 Å². The number of amides is 1. The van der Waals surface area contributed by atoms with Crippen molar-refractivity contribution in [3.05, 3.63) is 63.6 Å². The third-order valence-corrected chi connectivity index (χ3v) is 3.47. The third-order valence-electron chi connectivity index (χ3n) is 3.08. The van der Waals surface area contributed by atoms with Crippen molar-refractivity contribution >= 4 is 29.1 Å². The number of rotatable bonds is 4. The molecule has 0 saturated heterocycles. The molecule has 1 heterocycles. The molecule has 2 N–H and O–H groups in total. The first-order valence-corrected chi connectivity index (χ1v) is 7.13. The second-order valence-corrected chi connectivity index (χ2v) is 5.74. The number of halogens is 3. The summed E-state index contributed by atoms with van der Waals surface area (Å²) >= 11 is 11.5. The van der Waals surface area contributed by atoms with E-state index in [1.165, 1.54) is 43.3 Å². The second kappa shape index (κ2) is 6.60. The predicted octanol–water partition coefficient (Wildman–Crippen LogP) is 3.17. The molecule has 0 saturated carbocycles. The van der Waals surface area contributed by atoms with Crippen LogP contribution < -0.4 is 5.32 Å². The number of hydrogen-bond acceptors (Lipinski definition) is 3. The van der Waals surface area contributed by atoms with E-state index in [4.69, 9.17) is 23.2 Å². The van der Waals surface area contributed by atoms with Crippen molar-refractivity contribution in [1.82, 2.24) is 10.3 Å². The highest BCUT2D eigenvalue weighted by atomic mass is 35.5. The van der Waals surface area contributed by atoms with Gasteiger partial charge in [-0.15, -0.1) is 0 Å². The molecule has 0 fully saturated rings. The molecule has 2 aromatic rings. The van der Waals surface area contributed by atoms with Crippen LogP contribution >= 0.6 is 23.2 Å². The predicted molar refractivity (Wildman–Crippen MR) is 82.6 cm³/mol. The normalized spacial score (nSPS) is 13.5. The van der Waals surface area contributed by atoms with Gasteiger partial charge in [-0.05, 0) is 36.8 Å². The minimum atomic E-state index is -1.34. The van der Waals surface area contributed by atoms with Crippen molar-refractivity contribution in [1.29, 1.82) is 0 Å². The fraction of sp³-hybridized carbons (Fsp3) is 0.200. The van der Waals surface area contributed by atoms with Gasteiger partial charge in [-0.2, -0.15) is 0 Å². The van der Waals surface area contributed by atoms with Crippen LogP contribution in [0.3, 0.4) is 0 Å². The maximum Gasteiger partial charge on any atom is 0.251 e. The van der Waals surface area contributed by atoms with Gasteiger partial charge in [0.2, 0.25) is 0 Å². The Morgan fingerprint density at radius 3 is 2.36 bits per heavy atom. The van der Waals surface area contributed by atoms with Crippen LogP contribution in [0.2, 0.25) is 10.3 Å². The standard InChI is InChI=1S/C15H13Cl2FN2O2/c1-15(22,10-2-4-11(18)5-3-10)8-19-14(21)9-6-12(16)20-13(17)7-9/h2-7,22H,8H2,1H3,(H,19,21). The van der Waals surface area contributed by atoms with E-state index >= 15 is 0 Å². The largest absolute Gasteiger partial charge is 0.384 e. The van der Waals surface area contributed by atoms with Gasteiger partial charge in [0, 0.05) is 5.56 Å². The molecule has 1 unspecified atom stereocenters. The van der Waals surface area contributed by atoms with Gasteiger partial charge in [0.05, 0.1) is 6.54 Å². The van der Waals surface area contributed by atoms with Crippen LogP contribution in [0.1, 0.15) is 22.8 Å². The van der Waals surface area contributed by atoms with E-state index in [2.05, 4.69) is 10.3 Å². The van der Waals surface area contributed by atoms with Crippen LogP contribution in [0.15, 0.2) is 36.4 Å². The van der Waals surface area contributed by atoms with Gasteiger partial charge in [0.15, 0.2) is 0 Å². The van der Waals surface area contributed by atoms with Crippen molar-refractivity contribution in [3.8, 4) is 0 Å². The Morgan fingerprint density at radius 2 is 1.82 bits per heavy atom. The topological polar surface area (TPSA) is 62.2 Å². The maximum absolute atomic E-state index is 12.9. The van der Waals surface area contributed by atoms with Gasteiger partial charge in [-0.1, -0.05) is 35.3 Å². The molecule has 1 aromatic carbocycles. The number of aromatic nitrogens is 1. The molecule has 22 heavy (non-hydrogen) atoms. The molecule has 0 bridgehead atoms. The number of nitrogens with zero attached hydrogens (tertiary/aromatic N) is 1. The molecule has 0 aliphatic carbocycles. The van der Waals surface area contributed by atoms with Crippen molar-refractivity contribution in [2.75, 3.05) is 6.54 Å². The molecule has 116 valence electrons. The van der Waals surface area contributed by atoms with E-state index < -0.39 is 17.3 Å². The summed E-state index contributed by atoms with van der Waals surface area (Å²) in [5.41, 5.74) is -0.621. The molecule has 2 rings (SSSR count). The fourth-order valence-corrected chi connectivity index (χ4v) is 2.32. The SMILES string of the molecule is CC(O)(CNC(=O)c1cc(Cl)nc(Cl)c1)c1ccc(F)cc1. The Morgan fingerprint density at radius 1 is 1.27 bits per heavy atom. The van der Waals surface area contributed by atoms with Crippen LogP contribution in [0.5, 0.6) is 0 Å². The zero-order valence-corrected chi connectivity index (χ0v) is 13.1. The molecule has 0 spiro atoms. The molecule has 4 nitrogen and oxygen atoms in total. The third kappa shape index (κ3) is 4.16. The Bertz CT molecular complexity index is 670. The first kappa shape index (κ1) is 16.7. The summed E-state index contributed by atoms with van der Waals surface area (Å²) < 4.78 is 12.9. The summed E-state index contributed by atoms with van der Waals surface area (Å²) in [7, 11) is 0. The molecular weight excluding hydrogens is 330 g/mol. The Labute approximate surface area is 136 Å². The van der Waals surface area contributed by atoms with E-state index in [0.29, 0.717) is 5.56 Å². The average Bonchev–Trinajstić information content (AvgIpc) is 2.44. The Balaban J connectivity index is 2.07. The average molecular weight is 343 g/mol. The fourth-order valence-electron chi connectivity index (χ4n) is 1.86. The summed E-state index contributed by atoms with van der Waals surface area (Å²) in [6, 6.07) is 8.15. The van der Waals surface area contributed by atoms with Crippen LogP contribution in [0, 0.1) is 5.82 Å². The molecule has 0 aliphatic rings. The van der Waals surface area contributed by atoms with E-state index in [-0.39, 0.29) is 22.4 Å². The van der Waals surface area contributed by atoms with Crippen LogP contribution in [-0.2, 0) is 5.60 Å². The smallest absolute Gasteiger partial charge is 0.251 e. The van der Waals surface area contributed by atoms with Crippen molar-refractivity contribution in [2.45, 2.75) is 12.5 Å². The number of aliphatic hydroxyl groups is 1. The lowest BCUT2D eigenvalue weighted by Crippen LogP contribution is -2.38. The first-order valence-electron chi connectivity index (χ1n) is 6.38. The molecule has 0 aliphatic heterocycles. The molecule has 7 heteroatoms. The number of benzene rings is 1. The summed E-state index contributed by atoms with van der Waals surface area (Å²) in [6.45, 7) is 1.46. The quantitative estimate of drug-likeness (QED) is 0.839. The molecule has 0 radical (unpaired) electrons. The summed E-state index contributed by atoms with van der Waals surface area (Å²) in [5.74, 6) is -0.849. The number of carbonyl (C=O) groups is 1. The highest BCUT2D eigenvalue weighted by Gasteiger charge is 2.24. The van der Waals surface area contributed by atoms with Gasteiger partial charge in [0.25, 0.3) is 5.91 Å². The molecular formula is C15H13Cl2FN2O2. The van der Waals surface area contributed by atoms with Crippen molar-refractivity contribution < 1.29 is 14.3 Å². The number of nitrogens with one attached hydrogen (secondary N) is 1. The van der Waals surface area contributed by atoms with E-state index in [1.54, 1.807) is 0 Å². The monoisotopic (exact) mass is 342 g/mol. The minimum Gasteiger partial charge on any atom is -0.384 e. The van der Waals surface area contributed by atoms with Crippen molar-refractivity contribution in [2.24, 2.45) is 0 Å². The van der Waals surface area contributed by atoms with E-state index in [1.807, 2.05) is 0 Å². The van der Waals surface area contributed by atoms with Gasteiger partial charge >= 0.3 is 0 Å². The molecule has 1 amide bonds. The zero-order chi connectivity index (χ0) is 16.3.